The maximum atomic E-state index is 10.5. The fourth-order valence-electron chi connectivity index (χ4n) is 1.68. The second-order valence-electron chi connectivity index (χ2n) is 3.71. The predicted octanol–water partition coefficient (Wildman–Crippen LogP) is -0.769. The van der Waals surface area contributed by atoms with Crippen molar-refractivity contribution in [1.82, 2.24) is 0 Å². The molecule has 1 aromatic carbocycles. The number of carbonyl (C=O) groups is 1. The number of hydrogen-bond acceptors (Lipinski definition) is 2. The highest BCUT2D eigenvalue weighted by molar-refractivity contribution is 5.65. The Hall–Kier alpha value is -1.35. The molecule has 1 N–H and O–H groups in total. The molecule has 0 saturated carbocycles. The molecule has 3 heteroatoms. The van der Waals surface area contributed by atoms with Crippen LogP contribution in [-0.2, 0) is 11.3 Å². The molecule has 0 fully saturated rings. The Kier molecular flexibility index (Phi) is 4.84. The molecule has 0 aromatic heterocycles. The van der Waals surface area contributed by atoms with Crippen LogP contribution in [0.25, 0.3) is 0 Å². The lowest BCUT2D eigenvalue weighted by molar-refractivity contribution is -0.908. The molecule has 0 aliphatic carbocycles. The summed E-state index contributed by atoms with van der Waals surface area (Å²) in [5, 5.41) is 10.5. The molecule has 0 amide bonds. The van der Waals surface area contributed by atoms with Crippen LogP contribution >= 0.6 is 0 Å². The minimum Gasteiger partial charge on any atom is -0.544 e. The predicted molar refractivity (Wildman–Crippen MR) is 56.1 cm³/mol. The average Bonchev–Trinajstić information content (AvgIpc) is 2.18. The summed E-state index contributed by atoms with van der Waals surface area (Å²) in [6.07, 6.45) is 0.982. The van der Waals surface area contributed by atoms with E-state index in [4.69, 9.17) is 0 Å². The first-order valence-corrected chi connectivity index (χ1v) is 5.29. The fraction of sp³-hybridized carbons (Fsp3) is 0.417. The first-order chi connectivity index (χ1) is 7.22. The van der Waals surface area contributed by atoms with Crippen LogP contribution in [0.4, 0.5) is 0 Å². The van der Waals surface area contributed by atoms with E-state index in [0.717, 1.165) is 24.4 Å². The summed E-state index contributed by atoms with van der Waals surface area (Å²) in [6.45, 7) is 3.76. The van der Waals surface area contributed by atoms with E-state index in [9.17, 15) is 9.90 Å². The molecule has 1 rings (SSSR count). The number of carbonyl (C=O) groups excluding carboxylic acids is 1. The van der Waals surface area contributed by atoms with Crippen LogP contribution < -0.4 is 10.0 Å². The molecule has 3 nitrogen and oxygen atoms in total. The molecule has 1 unspecified atom stereocenters. The zero-order chi connectivity index (χ0) is 11.1. The van der Waals surface area contributed by atoms with Crippen molar-refractivity contribution in [3.63, 3.8) is 0 Å². The van der Waals surface area contributed by atoms with E-state index in [1.807, 2.05) is 30.3 Å². The number of carboxylic acids is 1. The van der Waals surface area contributed by atoms with Crippen molar-refractivity contribution in [2.45, 2.75) is 19.9 Å². The second kappa shape index (κ2) is 6.19. The Morgan fingerprint density at radius 1 is 1.33 bits per heavy atom. The van der Waals surface area contributed by atoms with Crippen LogP contribution in [0.1, 0.15) is 18.9 Å². The van der Waals surface area contributed by atoms with E-state index in [2.05, 4.69) is 6.92 Å². The molecule has 82 valence electrons. The van der Waals surface area contributed by atoms with Crippen molar-refractivity contribution in [3.05, 3.63) is 35.9 Å². The van der Waals surface area contributed by atoms with Crippen molar-refractivity contribution in [2.75, 3.05) is 13.1 Å². The third-order valence-corrected chi connectivity index (χ3v) is 2.29. The van der Waals surface area contributed by atoms with Gasteiger partial charge in [0.15, 0.2) is 0 Å². The van der Waals surface area contributed by atoms with Crippen LogP contribution in [0.15, 0.2) is 30.3 Å². The number of rotatable bonds is 6. The van der Waals surface area contributed by atoms with Gasteiger partial charge in [-0.1, -0.05) is 37.3 Å². The van der Waals surface area contributed by atoms with Crippen molar-refractivity contribution >= 4 is 5.97 Å². The van der Waals surface area contributed by atoms with Crippen LogP contribution in [0.5, 0.6) is 0 Å². The van der Waals surface area contributed by atoms with Gasteiger partial charge in [-0.3, -0.25) is 0 Å². The quantitative estimate of drug-likeness (QED) is 0.666. The van der Waals surface area contributed by atoms with Crippen LogP contribution in [0.2, 0.25) is 0 Å². The van der Waals surface area contributed by atoms with Gasteiger partial charge < -0.3 is 14.8 Å². The van der Waals surface area contributed by atoms with Gasteiger partial charge in [0.1, 0.15) is 13.1 Å². The number of benzene rings is 1. The highest BCUT2D eigenvalue weighted by atomic mass is 16.4. The molecular formula is C12H17NO2. The Morgan fingerprint density at radius 2 is 2.00 bits per heavy atom. The lowest BCUT2D eigenvalue weighted by Gasteiger charge is -2.19. The van der Waals surface area contributed by atoms with Crippen LogP contribution in [0, 0.1) is 0 Å². The highest BCUT2D eigenvalue weighted by Gasteiger charge is 2.08. The molecule has 0 aliphatic rings. The second-order valence-corrected chi connectivity index (χ2v) is 3.71. The first kappa shape index (κ1) is 11.7. The molecule has 1 aromatic rings. The monoisotopic (exact) mass is 207 g/mol. The van der Waals surface area contributed by atoms with Crippen molar-refractivity contribution in [3.8, 4) is 0 Å². The zero-order valence-electron chi connectivity index (χ0n) is 9.03. The average molecular weight is 207 g/mol. The number of quaternary nitrogens is 1. The topological polar surface area (TPSA) is 44.6 Å². The minimum absolute atomic E-state index is 0.0860. The van der Waals surface area contributed by atoms with E-state index in [-0.39, 0.29) is 6.54 Å². The van der Waals surface area contributed by atoms with Gasteiger partial charge in [-0.25, -0.2) is 0 Å². The van der Waals surface area contributed by atoms with E-state index in [0.29, 0.717) is 0 Å². The third-order valence-electron chi connectivity index (χ3n) is 2.29. The third kappa shape index (κ3) is 4.61. The van der Waals surface area contributed by atoms with Gasteiger partial charge in [0, 0.05) is 5.56 Å². The smallest absolute Gasteiger partial charge is 0.118 e. The van der Waals surface area contributed by atoms with Gasteiger partial charge in [0.05, 0.1) is 12.5 Å². The summed E-state index contributed by atoms with van der Waals surface area (Å²) >= 11 is 0. The molecule has 1 atom stereocenters. The van der Waals surface area contributed by atoms with Crippen LogP contribution in [0.3, 0.4) is 0 Å². The van der Waals surface area contributed by atoms with Gasteiger partial charge in [-0.15, -0.1) is 0 Å². The van der Waals surface area contributed by atoms with Crippen LogP contribution in [-0.4, -0.2) is 19.1 Å². The van der Waals surface area contributed by atoms with E-state index in [1.54, 1.807) is 0 Å². The van der Waals surface area contributed by atoms with Crippen molar-refractivity contribution in [2.24, 2.45) is 0 Å². The molecule has 0 heterocycles. The van der Waals surface area contributed by atoms with Crippen molar-refractivity contribution in [1.29, 1.82) is 0 Å². The standard InChI is InChI=1S/C12H17NO2/c1-2-8-13(10-12(14)15)9-11-6-4-3-5-7-11/h3-7H,2,8-10H2,1H3,(H,14,15). The summed E-state index contributed by atoms with van der Waals surface area (Å²) in [7, 11) is 0. The van der Waals surface area contributed by atoms with Gasteiger partial charge >= 0.3 is 0 Å². The Balaban J connectivity index is 2.54. The van der Waals surface area contributed by atoms with Crippen molar-refractivity contribution < 1.29 is 14.8 Å². The maximum absolute atomic E-state index is 10.5. The van der Waals surface area contributed by atoms with Gasteiger partial charge in [-0.05, 0) is 6.42 Å². The summed E-state index contributed by atoms with van der Waals surface area (Å²) < 4.78 is 0. The maximum Gasteiger partial charge on any atom is 0.118 e. The molecule has 0 aliphatic heterocycles. The van der Waals surface area contributed by atoms with Gasteiger partial charge in [0.25, 0.3) is 0 Å². The fourth-order valence-corrected chi connectivity index (χ4v) is 1.68. The Morgan fingerprint density at radius 3 is 2.53 bits per heavy atom. The van der Waals surface area contributed by atoms with E-state index >= 15 is 0 Å². The molecule has 0 bridgehead atoms. The summed E-state index contributed by atoms with van der Waals surface area (Å²) in [5.74, 6) is -0.977. The van der Waals surface area contributed by atoms with E-state index in [1.165, 1.54) is 5.56 Å². The molecule has 0 radical (unpaired) electrons. The summed E-state index contributed by atoms with van der Waals surface area (Å²) in [5.41, 5.74) is 1.17. The molecule has 15 heavy (non-hydrogen) atoms. The number of aliphatic carboxylic acids is 1. The molecule has 0 saturated heterocycles. The van der Waals surface area contributed by atoms with Gasteiger partial charge in [0.2, 0.25) is 0 Å². The lowest BCUT2D eigenvalue weighted by Crippen LogP contribution is -3.12. The Labute approximate surface area is 90.3 Å². The minimum atomic E-state index is -0.977. The molecule has 0 spiro atoms. The summed E-state index contributed by atoms with van der Waals surface area (Å²) in [6, 6.07) is 9.94. The highest BCUT2D eigenvalue weighted by Crippen LogP contribution is 1.95. The van der Waals surface area contributed by atoms with E-state index < -0.39 is 5.97 Å². The lowest BCUT2D eigenvalue weighted by atomic mass is 10.2. The first-order valence-electron chi connectivity index (χ1n) is 5.29. The molecular weight excluding hydrogens is 190 g/mol. The van der Waals surface area contributed by atoms with Gasteiger partial charge in [-0.2, -0.15) is 0 Å². The normalized spacial score (nSPS) is 12.3. The number of nitrogens with one attached hydrogen (secondary N) is 1. The summed E-state index contributed by atoms with van der Waals surface area (Å²) in [4.78, 5) is 11.6. The SMILES string of the molecule is CCC[NH+](CC(=O)[O-])Cc1ccccc1. The largest absolute Gasteiger partial charge is 0.544 e. The number of carboxylic acid groups (broad SMARTS) is 1. The number of hydrogen-bond donors (Lipinski definition) is 1. The zero-order valence-corrected chi connectivity index (χ0v) is 9.03. The Bertz CT molecular complexity index is 298.